The van der Waals surface area contributed by atoms with Crippen LogP contribution in [0.2, 0.25) is 0 Å². The molecular weight excluding hydrogens is 316 g/mol. The molecule has 2 aliphatic rings. The van der Waals surface area contributed by atoms with E-state index < -0.39 is 10.2 Å². The van der Waals surface area contributed by atoms with Gasteiger partial charge in [-0.3, -0.25) is 4.79 Å². The van der Waals surface area contributed by atoms with Crippen LogP contribution in [0.3, 0.4) is 0 Å². The normalized spacial score (nSPS) is 22.4. The number of piperazine rings is 1. The van der Waals surface area contributed by atoms with Gasteiger partial charge in [-0.1, -0.05) is 19.3 Å². The molecule has 7 nitrogen and oxygen atoms in total. The number of nitrogens with one attached hydrogen (secondary N) is 1. The van der Waals surface area contributed by atoms with E-state index in [1.807, 2.05) is 0 Å². The van der Waals surface area contributed by atoms with Gasteiger partial charge < -0.3 is 10.2 Å². The SMILES string of the molecule is CN(C)S(=O)(=O)N1CCN(CCC(=O)NC2CCCCC2)CC1. The standard InChI is InChI=1S/C15H30N4O3S/c1-17(2)23(21,22)19-12-10-18(11-13-19)9-8-15(20)16-14-6-4-3-5-7-14/h14H,3-13H2,1-2H3,(H,16,20). The number of carbonyl (C=O) groups is 1. The summed E-state index contributed by atoms with van der Waals surface area (Å²) < 4.78 is 26.9. The Kier molecular flexibility index (Phi) is 6.82. The quantitative estimate of drug-likeness (QED) is 0.748. The van der Waals surface area contributed by atoms with Crippen LogP contribution in [-0.2, 0) is 15.0 Å². The Hall–Kier alpha value is -0.700. The molecule has 1 aliphatic carbocycles. The van der Waals surface area contributed by atoms with Crippen LogP contribution in [0, 0.1) is 0 Å². The molecule has 134 valence electrons. The van der Waals surface area contributed by atoms with Crippen LogP contribution in [0.5, 0.6) is 0 Å². The Morgan fingerprint density at radius 2 is 1.70 bits per heavy atom. The maximum atomic E-state index is 12.0. The number of hydrogen-bond donors (Lipinski definition) is 1. The van der Waals surface area contributed by atoms with Gasteiger partial charge in [-0.15, -0.1) is 0 Å². The van der Waals surface area contributed by atoms with Crippen LogP contribution in [-0.4, -0.2) is 80.7 Å². The highest BCUT2D eigenvalue weighted by molar-refractivity contribution is 7.86. The molecule has 0 aromatic heterocycles. The van der Waals surface area contributed by atoms with Gasteiger partial charge in [0, 0.05) is 59.3 Å². The molecule has 1 saturated carbocycles. The molecule has 0 aromatic carbocycles. The average Bonchev–Trinajstić information content (AvgIpc) is 2.54. The van der Waals surface area contributed by atoms with Crippen molar-refractivity contribution in [2.24, 2.45) is 0 Å². The molecule has 8 heteroatoms. The second-order valence-corrected chi connectivity index (χ2v) is 8.83. The molecule has 1 amide bonds. The van der Waals surface area contributed by atoms with Crippen molar-refractivity contribution in [1.82, 2.24) is 18.8 Å². The van der Waals surface area contributed by atoms with Crippen LogP contribution >= 0.6 is 0 Å². The molecule has 0 spiro atoms. The zero-order valence-corrected chi connectivity index (χ0v) is 15.1. The summed E-state index contributed by atoms with van der Waals surface area (Å²) in [5.41, 5.74) is 0. The van der Waals surface area contributed by atoms with Crippen LogP contribution in [0.25, 0.3) is 0 Å². The van der Waals surface area contributed by atoms with E-state index >= 15 is 0 Å². The highest BCUT2D eigenvalue weighted by Crippen LogP contribution is 2.17. The molecule has 0 atom stereocenters. The van der Waals surface area contributed by atoms with Gasteiger partial charge in [0.1, 0.15) is 0 Å². The van der Waals surface area contributed by atoms with E-state index in [1.54, 1.807) is 14.1 Å². The van der Waals surface area contributed by atoms with Gasteiger partial charge in [-0.25, -0.2) is 0 Å². The molecule has 2 rings (SSSR count). The lowest BCUT2D eigenvalue weighted by molar-refractivity contribution is -0.122. The third-order valence-corrected chi connectivity index (χ3v) is 6.68. The van der Waals surface area contributed by atoms with E-state index in [0.29, 0.717) is 45.2 Å². The van der Waals surface area contributed by atoms with Gasteiger partial charge in [0.05, 0.1) is 0 Å². The lowest BCUT2D eigenvalue weighted by Gasteiger charge is -2.35. The summed E-state index contributed by atoms with van der Waals surface area (Å²) in [7, 11) is -0.207. The minimum Gasteiger partial charge on any atom is -0.353 e. The first-order chi connectivity index (χ1) is 10.9. The largest absolute Gasteiger partial charge is 0.353 e. The maximum Gasteiger partial charge on any atom is 0.281 e. The molecule has 0 aromatic rings. The zero-order valence-electron chi connectivity index (χ0n) is 14.3. The molecule has 1 heterocycles. The average molecular weight is 346 g/mol. The number of nitrogens with zero attached hydrogens (tertiary/aromatic N) is 3. The number of rotatable bonds is 6. The maximum absolute atomic E-state index is 12.0. The van der Waals surface area contributed by atoms with E-state index in [0.717, 1.165) is 12.8 Å². The van der Waals surface area contributed by atoms with Crippen LogP contribution in [0.1, 0.15) is 38.5 Å². The zero-order chi connectivity index (χ0) is 16.9. The minimum absolute atomic E-state index is 0.125. The van der Waals surface area contributed by atoms with Crippen molar-refractivity contribution in [3.8, 4) is 0 Å². The first kappa shape index (κ1) is 18.6. The summed E-state index contributed by atoms with van der Waals surface area (Å²) in [5, 5.41) is 3.13. The molecular formula is C15H30N4O3S. The summed E-state index contributed by atoms with van der Waals surface area (Å²) in [5.74, 6) is 0.125. The second kappa shape index (κ2) is 8.41. The Bertz CT molecular complexity index is 481. The van der Waals surface area contributed by atoms with E-state index in [4.69, 9.17) is 0 Å². The minimum atomic E-state index is -3.31. The Morgan fingerprint density at radius 3 is 2.26 bits per heavy atom. The van der Waals surface area contributed by atoms with Crippen LogP contribution in [0.4, 0.5) is 0 Å². The van der Waals surface area contributed by atoms with Crippen molar-refractivity contribution in [2.45, 2.75) is 44.6 Å². The third kappa shape index (κ3) is 5.41. The predicted octanol–water partition coefficient (Wildman–Crippen LogP) is 0.249. The number of carbonyl (C=O) groups excluding carboxylic acids is 1. The van der Waals surface area contributed by atoms with E-state index in [9.17, 15) is 13.2 Å². The van der Waals surface area contributed by atoms with Gasteiger partial charge >= 0.3 is 0 Å². The van der Waals surface area contributed by atoms with Crippen molar-refractivity contribution in [2.75, 3.05) is 46.8 Å². The van der Waals surface area contributed by atoms with Gasteiger partial charge in [0.2, 0.25) is 5.91 Å². The number of amides is 1. The first-order valence-corrected chi connectivity index (χ1v) is 9.98. The van der Waals surface area contributed by atoms with Crippen molar-refractivity contribution >= 4 is 16.1 Å². The van der Waals surface area contributed by atoms with Crippen molar-refractivity contribution in [3.63, 3.8) is 0 Å². The van der Waals surface area contributed by atoms with Gasteiger partial charge in [-0.2, -0.15) is 17.0 Å². The smallest absolute Gasteiger partial charge is 0.281 e. The fraction of sp³-hybridized carbons (Fsp3) is 0.933. The summed E-state index contributed by atoms with van der Waals surface area (Å²) in [6.45, 7) is 3.05. The molecule has 1 aliphatic heterocycles. The fourth-order valence-electron chi connectivity index (χ4n) is 3.22. The lowest BCUT2D eigenvalue weighted by atomic mass is 9.95. The molecule has 0 unspecified atom stereocenters. The summed E-state index contributed by atoms with van der Waals surface area (Å²) >= 11 is 0. The Balaban J connectivity index is 1.67. The molecule has 1 saturated heterocycles. The van der Waals surface area contributed by atoms with Gasteiger partial charge in [0.15, 0.2) is 0 Å². The van der Waals surface area contributed by atoms with Crippen molar-refractivity contribution in [3.05, 3.63) is 0 Å². The summed E-state index contributed by atoms with van der Waals surface area (Å²) in [6.07, 6.45) is 6.42. The molecule has 0 radical (unpaired) electrons. The van der Waals surface area contributed by atoms with E-state index in [1.165, 1.54) is 27.9 Å². The van der Waals surface area contributed by atoms with Crippen molar-refractivity contribution < 1.29 is 13.2 Å². The van der Waals surface area contributed by atoms with Crippen LogP contribution in [0.15, 0.2) is 0 Å². The molecule has 0 bridgehead atoms. The summed E-state index contributed by atoms with van der Waals surface area (Å²) in [4.78, 5) is 14.2. The lowest BCUT2D eigenvalue weighted by Crippen LogP contribution is -2.52. The first-order valence-electron chi connectivity index (χ1n) is 8.59. The van der Waals surface area contributed by atoms with E-state index in [-0.39, 0.29) is 5.91 Å². The molecule has 2 fully saturated rings. The highest BCUT2D eigenvalue weighted by Gasteiger charge is 2.28. The molecule has 1 N–H and O–H groups in total. The van der Waals surface area contributed by atoms with Crippen LogP contribution < -0.4 is 5.32 Å². The summed E-state index contributed by atoms with van der Waals surface area (Å²) in [6, 6.07) is 0.360. The van der Waals surface area contributed by atoms with Gasteiger partial charge in [-0.05, 0) is 12.8 Å². The van der Waals surface area contributed by atoms with E-state index in [2.05, 4.69) is 10.2 Å². The second-order valence-electron chi connectivity index (χ2n) is 6.68. The van der Waals surface area contributed by atoms with Crippen molar-refractivity contribution in [1.29, 1.82) is 0 Å². The fourth-order valence-corrected chi connectivity index (χ4v) is 4.31. The molecule has 23 heavy (non-hydrogen) atoms. The Morgan fingerprint density at radius 1 is 1.09 bits per heavy atom. The third-order valence-electron chi connectivity index (χ3n) is 4.74. The topological polar surface area (TPSA) is 73.0 Å². The highest BCUT2D eigenvalue weighted by atomic mass is 32.2. The Labute approximate surface area is 140 Å². The predicted molar refractivity (Wildman–Crippen MR) is 90.3 cm³/mol. The van der Waals surface area contributed by atoms with Gasteiger partial charge in [0.25, 0.3) is 10.2 Å². The monoisotopic (exact) mass is 346 g/mol. The number of hydrogen-bond acceptors (Lipinski definition) is 4.